The van der Waals surface area contributed by atoms with Gasteiger partial charge in [0.05, 0.1) is 11.3 Å². The maximum Gasteiger partial charge on any atom is 0.101 e. The molecule has 4 heteroatoms. The van der Waals surface area contributed by atoms with E-state index < -0.39 is 0 Å². The summed E-state index contributed by atoms with van der Waals surface area (Å²) in [4.78, 5) is 4.67. The second kappa shape index (κ2) is 8.44. The van der Waals surface area contributed by atoms with Gasteiger partial charge in [0, 0.05) is 18.8 Å². The topological polar surface area (TPSA) is 56.3 Å². The fourth-order valence-corrected chi connectivity index (χ4v) is 2.39. The van der Waals surface area contributed by atoms with E-state index >= 15 is 0 Å². The van der Waals surface area contributed by atoms with Gasteiger partial charge in [0.1, 0.15) is 6.07 Å². The fraction of sp³-hybridized carbons (Fsp3) is 0.562. The van der Waals surface area contributed by atoms with E-state index in [1.165, 1.54) is 0 Å². The molecule has 0 heterocycles. The first-order valence-corrected chi connectivity index (χ1v) is 7.43. The van der Waals surface area contributed by atoms with Gasteiger partial charge in [-0.15, -0.1) is 0 Å². The Bertz CT molecular complexity index is 446. The fourth-order valence-electron chi connectivity index (χ4n) is 2.39. The number of anilines is 2. The van der Waals surface area contributed by atoms with Crippen LogP contribution in [-0.4, -0.2) is 37.6 Å². The molecule has 0 aliphatic heterocycles. The standard InChI is InChI=1S/C16H26N4/c1-4-19(5-2)10-7-11-20(6-3)16-9-8-15(18)12-14(16)13-17/h8-9,12H,4-7,10-11,18H2,1-3H3. The minimum atomic E-state index is 0.643. The van der Waals surface area contributed by atoms with E-state index in [1.54, 1.807) is 6.07 Å². The molecule has 1 rings (SSSR count). The van der Waals surface area contributed by atoms with Crippen molar-refractivity contribution in [2.75, 3.05) is 43.4 Å². The molecule has 110 valence electrons. The van der Waals surface area contributed by atoms with Gasteiger partial charge in [-0.1, -0.05) is 13.8 Å². The predicted octanol–water partition coefficient (Wildman–Crippen LogP) is 2.70. The van der Waals surface area contributed by atoms with Gasteiger partial charge in [0.2, 0.25) is 0 Å². The smallest absolute Gasteiger partial charge is 0.101 e. The normalized spacial score (nSPS) is 10.6. The van der Waals surface area contributed by atoms with Crippen molar-refractivity contribution in [1.82, 2.24) is 4.90 Å². The second-order valence-electron chi connectivity index (χ2n) is 4.85. The Balaban J connectivity index is 2.69. The highest BCUT2D eigenvalue weighted by atomic mass is 15.1. The van der Waals surface area contributed by atoms with Crippen molar-refractivity contribution in [2.45, 2.75) is 27.2 Å². The zero-order valence-electron chi connectivity index (χ0n) is 12.9. The minimum Gasteiger partial charge on any atom is -0.399 e. The molecule has 0 unspecified atom stereocenters. The van der Waals surface area contributed by atoms with E-state index in [4.69, 9.17) is 5.73 Å². The van der Waals surface area contributed by atoms with Crippen LogP contribution in [0.4, 0.5) is 11.4 Å². The van der Waals surface area contributed by atoms with Gasteiger partial charge in [-0.3, -0.25) is 0 Å². The highest BCUT2D eigenvalue weighted by molar-refractivity contribution is 5.64. The van der Waals surface area contributed by atoms with Crippen LogP contribution < -0.4 is 10.6 Å². The molecule has 0 aliphatic rings. The Kier molecular flexibility index (Phi) is 6.89. The van der Waals surface area contributed by atoms with Gasteiger partial charge in [-0.2, -0.15) is 5.26 Å². The molecule has 2 N–H and O–H groups in total. The molecule has 0 spiro atoms. The van der Waals surface area contributed by atoms with E-state index in [-0.39, 0.29) is 0 Å². The quantitative estimate of drug-likeness (QED) is 0.741. The molecule has 0 fully saturated rings. The molecule has 0 aromatic heterocycles. The summed E-state index contributed by atoms with van der Waals surface area (Å²) in [7, 11) is 0. The summed E-state index contributed by atoms with van der Waals surface area (Å²) in [6.07, 6.45) is 1.10. The molecule has 20 heavy (non-hydrogen) atoms. The zero-order valence-corrected chi connectivity index (χ0v) is 12.9. The van der Waals surface area contributed by atoms with E-state index in [2.05, 4.69) is 36.6 Å². The number of nitrogens with two attached hydrogens (primary N) is 1. The lowest BCUT2D eigenvalue weighted by Crippen LogP contribution is -2.30. The number of hydrogen-bond acceptors (Lipinski definition) is 4. The predicted molar refractivity (Wildman–Crippen MR) is 85.9 cm³/mol. The van der Waals surface area contributed by atoms with Crippen LogP contribution >= 0.6 is 0 Å². The first kappa shape index (κ1) is 16.3. The Morgan fingerprint density at radius 1 is 1.10 bits per heavy atom. The largest absolute Gasteiger partial charge is 0.399 e. The van der Waals surface area contributed by atoms with E-state index in [0.29, 0.717) is 11.3 Å². The summed E-state index contributed by atoms with van der Waals surface area (Å²) in [6, 6.07) is 7.81. The Morgan fingerprint density at radius 2 is 1.80 bits per heavy atom. The molecule has 4 nitrogen and oxygen atoms in total. The van der Waals surface area contributed by atoms with Crippen molar-refractivity contribution >= 4 is 11.4 Å². The molecule has 0 amide bonds. The average Bonchev–Trinajstić information content (AvgIpc) is 2.48. The summed E-state index contributed by atoms with van der Waals surface area (Å²) in [5.41, 5.74) is 8.04. The first-order valence-electron chi connectivity index (χ1n) is 7.43. The number of benzene rings is 1. The lowest BCUT2D eigenvalue weighted by atomic mass is 10.1. The van der Waals surface area contributed by atoms with Crippen molar-refractivity contribution in [2.24, 2.45) is 0 Å². The van der Waals surface area contributed by atoms with Crippen LogP contribution in [-0.2, 0) is 0 Å². The molecular weight excluding hydrogens is 248 g/mol. The molecule has 0 radical (unpaired) electrons. The number of rotatable bonds is 8. The van der Waals surface area contributed by atoms with Gasteiger partial charge in [0.15, 0.2) is 0 Å². The molecular formula is C16H26N4. The number of nitrogen functional groups attached to an aromatic ring is 1. The van der Waals surface area contributed by atoms with Crippen LogP contribution in [0.3, 0.4) is 0 Å². The molecule has 0 saturated carbocycles. The average molecular weight is 274 g/mol. The van der Waals surface area contributed by atoms with Gasteiger partial charge in [-0.25, -0.2) is 0 Å². The van der Waals surface area contributed by atoms with E-state index in [0.717, 1.165) is 44.8 Å². The highest BCUT2D eigenvalue weighted by Crippen LogP contribution is 2.22. The molecule has 1 aromatic carbocycles. The second-order valence-corrected chi connectivity index (χ2v) is 4.85. The molecule has 1 aromatic rings. The van der Waals surface area contributed by atoms with Crippen molar-refractivity contribution in [3.05, 3.63) is 23.8 Å². The monoisotopic (exact) mass is 274 g/mol. The number of nitrogens with zero attached hydrogens (tertiary/aromatic N) is 3. The Morgan fingerprint density at radius 3 is 2.35 bits per heavy atom. The third-order valence-electron chi connectivity index (χ3n) is 3.66. The van der Waals surface area contributed by atoms with Crippen molar-refractivity contribution in [1.29, 1.82) is 5.26 Å². The Hall–Kier alpha value is -1.73. The van der Waals surface area contributed by atoms with Gasteiger partial charge in [0.25, 0.3) is 0 Å². The SMILES string of the molecule is CCN(CC)CCCN(CC)c1ccc(N)cc1C#N. The minimum absolute atomic E-state index is 0.643. The molecule has 0 aliphatic carbocycles. The third kappa shape index (κ3) is 4.43. The van der Waals surface area contributed by atoms with Crippen LogP contribution in [0, 0.1) is 11.3 Å². The van der Waals surface area contributed by atoms with Crippen LogP contribution in [0.15, 0.2) is 18.2 Å². The summed E-state index contributed by atoms with van der Waals surface area (Å²) in [6.45, 7) is 11.6. The van der Waals surface area contributed by atoms with Crippen LogP contribution in [0.1, 0.15) is 32.8 Å². The highest BCUT2D eigenvalue weighted by Gasteiger charge is 2.10. The summed E-state index contributed by atoms with van der Waals surface area (Å²) in [5.74, 6) is 0. The first-order chi connectivity index (χ1) is 9.65. The number of nitriles is 1. The summed E-state index contributed by atoms with van der Waals surface area (Å²) in [5, 5.41) is 9.24. The number of hydrogen-bond donors (Lipinski definition) is 1. The Labute approximate surface area is 122 Å². The van der Waals surface area contributed by atoms with Crippen LogP contribution in [0.5, 0.6) is 0 Å². The van der Waals surface area contributed by atoms with Crippen molar-refractivity contribution in [3.63, 3.8) is 0 Å². The lowest BCUT2D eigenvalue weighted by molar-refractivity contribution is 0.301. The third-order valence-corrected chi connectivity index (χ3v) is 3.66. The van der Waals surface area contributed by atoms with Crippen molar-refractivity contribution < 1.29 is 0 Å². The van der Waals surface area contributed by atoms with Gasteiger partial charge in [-0.05, 0) is 51.2 Å². The molecule has 0 saturated heterocycles. The van der Waals surface area contributed by atoms with Gasteiger partial charge < -0.3 is 15.5 Å². The maximum atomic E-state index is 9.24. The summed E-state index contributed by atoms with van der Waals surface area (Å²) >= 11 is 0. The summed E-state index contributed by atoms with van der Waals surface area (Å²) < 4.78 is 0. The van der Waals surface area contributed by atoms with E-state index in [9.17, 15) is 5.26 Å². The molecule has 0 bridgehead atoms. The van der Waals surface area contributed by atoms with Crippen LogP contribution in [0.25, 0.3) is 0 Å². The lowest BCUT2D eigenvalue weighted by Gasteiger charge is -2.26. The van der Waals surface area contributed by atoms with Crippen LogP contribution in [0.2, 0.25) is 0 Å². The van der Waals surface area contributed by atoms with Crippen molar-refractivity contribution in [3.8, 4) is 6.07 Å². The molecule has 0 atom stereocenters. The van der Waals surface area contributed by atoms with Gasteiger partial charge >= 0.3 is 0 Å². The zero-order chi connectivity index (χ0) is 15.0. The maximum absolute atomic E-state index is 9.24. The van der Waals surface area contributed by atoms with E-state index in [1.807, 2.05) is 12.1 Å².